The van der Waals surface area contributed by atoms with Crippen LogP contribution in [0.15, 0.2) is 6.07 Å². The summed E-state index contributed by atoms with van der Waals surface area (Å²) in [5.41, 5.74) is 0. The molecular weight excluding hydrogens is 274 g/mol. The second-order valence-corrected chi connectivity index (χ2v) is 6.20. The Labute approximate surface area is 126 Å². The number of nitrogens with zero attached hydrogens (tertiary/aromatic N) is 3. The molecule has 1 saturated heterocycles. The summed E-state index contributed by atoms with van der Waals surface area (Å²) in [5, 5.41) is 0.489. The highest BCUT2D eigenvalue weighted by Crippen LogP contribution is 2.31. The van der Waals surface area contributed by atoms with E-state index in [1.165, 1.54) is 6.42 Å². The summed E-state index contributed by atoms with van der Waals surface area (Å²) in [6.45, 7) is 10.9. The van der Waals surface area contributed by atoms with E-state index in [0.29, 0.717) is 42.1 Å². The zero-order valence-corrected chi connectivity index (χ0v) is 13.5. The van der Waals surface area contributed by atoms with E-state index in [1.807, 2.05) is 13.0 Å². The monoisotopic (exact) mass is 297 g/mol. The van der Waals surface area contributed by atoms with Crippen molar-refractivity contribution in [2.24, 2.45) is 11.8 Å². The van der Waals surface area contributed by atoms with Crippen molar-refractivity contribution in [1.29, 1.82) is 0 Å². The Morgan fingerprint density at radius 2 is 2.10 bits per heavy atom. The smallest absolute Gasteiger partial charge is 0.158 e. The molecule has 0 bridgehead atoms. The fraction of sp³-hybridized carbons (Fsp3) is 0.733. The minimum absolute atomic E-state index is 0.414. The molecule has 1 aromatic heterocycles. The third-order valence-corrected chi connectivity index (χ3v) is 4.25. The summed E-state index contributed by atoms with van der Waals surface area (Å²) in [4.78, 5) is 11.2. The first-order valence-corrected chi connectivity index (χ1v) is 7.76. The zero-order valence-electron chi connectivity index (χ0n) is 12.8. The summed E-state index contributed by atoms with van der Waals surface area (Å²) in [6, 6.07) is 2.33. The van der Waals surface area contributed by atoms with Crippen LogP contribution in [0.25, 0.3) is 0 Å². The third kappa shape index (κ3) is 3.61. The molecule has 1 aliphatic heterocycles. The van der Waals surface area contributed by atoms with Crippen molar-refractivity contribution in [3.63, 3.8) is 0 Å². The highest BCUT2D eigenvalue weighted by Gasteiger charge is 2.30. The van der Waals surface area contributed by atoms with Crippen molar-refractivity contribution in [3.8, 4) is 0 Å². The molecular formula is C15H24ClN3O. The van der Waals surface area contributed by atoms with Crippen LogP contribution in [-0.4, -0.2) is 29.2 Å². The number of halogens is 1. The molecule has 4 nitrogen and oxygen atoms in total. The van der Waals surface area contributed by atoms with Crippen LogP contribution in [0, 0.1) is 11.8 Å². The quantitative estimate of drug-likeness (QED) is 0.797. The molecule has 0 aliphatic carbocycles. The van der Waals surface area contributed by atoms with Crippen molar-refractivity contribution in [1.82, 2.24) is 9.97 Å². The van der Waals surface area contributed by atoms with E-state index in [0.717, 1.165) is 12.4 Å². The minimum Gasteiger partial charge on any atom is -0.374 e. The number of anilines is 1. The van der Waals surface area contributed by atoms with E-state index in [1.54, 1.807) is 0 Å². The van der Waals surface area contributed by atoms with E-state index in [4.69, 9.17) is 16.3 Å². The lowest BCUT2D eigenvalue weighted by molar-refractivity contribution is 0.128. The normalized spacial score (nSPS) is 26.9. The van der Waals surface area contributed by atoms with Crippen molar-refractivity contribution in [3.05, 3.63) is 17.0 Å². The summed E-state index contributed by atoms with van der Waals surface area (Å²) >= 11 is 6.14. The fourth-order valence-corrected chi connectivity index (χ4v) is 3.07. The van der Waals surface area contributed by atoms with Gasteiger partial charge in [0.2, 0.25) is 0 Å². The first kappa shape index (κ1) is 15.5. The average Bonchev–Trinajstić information content (AvgIpc) is 2.40. The number of hydrogen-bond donors (Lipinski definition) is 0. The van der Waals surface area contributed by atoms with Crippen LogP contribution < -0.4 is 4.90 Å². The van der Waals surface area contributed by atoms with Crippen molar-refractivity contribution >= 4 is 17.4 Å². The molecule has 20 heavy (non-hydrogen) atoms. The Morgan fingerprint density at radius 1 is 1.35 bits per heavy atom. The summed E-state index contributed by atoms with van der Waals surface area (Å²) < 4.78 is 5.38. The van der Waals surface area contributed by atoms with Crippen LogP contribution in [-0.2, 0) is 11.3 Å². The maximum absolute atomic E-state index is 6.14. The van der Waals surface area contributed by atoms with Crippen molar-refractivity contribution < 1.29 is 4.74 Å². The van der Waals surface area contributed by atoms with Crippen molar-refractivity contribution in [2.75, 3.05) is 18.1 Å². The molecule has 0 spiro atoms. The molecule has 0 N–H and O–H groups in total. The summed E-state index contributed by atoms with van der Waals surface area (Å²) in [6.07, 6.45) is 1.27. The zero-order chi connectivity index (χ0) is 14.7. The highest BCUT2D eigenvalue weighted by atomic mass is 35.5. The van der Waals surface area contributed by atoms with Crippen LogP contribution >= 0.6 is 11.6 Å². The molecule has 0 aromatic carbocycles. The molecule has 3 unspecified atom stereocenters. The second-order valence-electron chi connectivity index (χ2n) is 5.81. The second kappa shape index (κ2) is 6.72. The summed E-state index contributed by atoms with van der Waals surface area (Å²) in [5.74, 6) is 2.91. The Kier molecular flexibility index (Phi) is 5.22. The van der Waals surface area contributed by atoms with Crippen LogP contribution in [0.3, 0.4) is 0 Å². The lowest BCUT2D eigenvalue weighted by Crippen LogP contribution is -2.46. The predicted molar refractivity (Wildman–Crippen MR) is 82.1 cm³/mol. The molecule has 1 aromatic rings. The van der Waals surface area contributed by atoms with Gasteiger partial charge in [0.15, 0.2) is 5.82 Å². The Hall–Kier alpha value is -0.870. The van der Waals surface area contributed by atoms with E-state index in [-0.39, 0.29) is 0 Å². The molecule has 0 radical (unpaired) electrons. The molecule has 2 rings (SSSR count). The number of aromatic nitrogens is 2. The van der Waals surface area contributed by atoms with E-state index >= 15 is 0 Å². The minimum atomic E-state index is 0.414. The number of hydrogen-bond acceptors (Lipinski definition) is 4. The molecule has 1 fully saturated rings. The van der Waals surface area contributed by atoms with Crippen LogP contribution in [0.5, 0.6) is 0 Å². The van der Waals surface area contributed by atoms with Gasteiger partial charge in [0.05, 0.1) is 0 Å². The van der Waals surface area contributed by atoms with E-state index in [2.05, 4.69) is 35.6 Å². The lowest BCUT2D eigenvalue weighted by atomic mass is 9.86. The van der Waals surface area contributed by atoms with E-state index < -0.39 is 0 Å². The molecule has 0 saturated carbocycles. The van der Waals surface area contributed by atoms with Gasteiger partial charge < -0.3 is 9.64 Å². The van der Waals surface area contributed by atoms with Gasteiger partial charge in [-0.1, -0.05) is 25.4 Å². The summed E-state index contributed by atoms with van der Waals surface area (Å²) in [7, 11) is 0. The largest absolute Gasteiger partial charge is 0.374 e. The first-order valence-electron chi connectivity index (χ1n) is 7.39. The Balaban J connectivity index is 2.24. The average molecular weight is 298 g/mol. The molecule has 5 heteroatoms. The topological polar surface area (TPSA) is 38.2 Å². The molecule has 2 heterocycles. The molecule has 0 amide bonds. The highest BCUT2D eigenvalue weighted by molar-refractivity contribution is 6.29. The van der Waals surface area contributed by atoms with Gasteiger partial charge in [0.1, 0.15) is 17.6 Å². The predicted octanol–water partition coefficient (Wildman–Crippen LogP) is 3.54. The van der Waals surface area contributed by atoms with E-state index in [9.17, 15) is 0 Å². The maximum atomic E-state index is 6.14. The number of ether oxygens (including phenoxy) is 1. The SMILES string of the molecule is CCOCc1nc(Cl)cc(N2CC(C)CC(C)C2C)n1. The molecule has 1 aliphatic rings. The standard InChI is InChI=1S/C15H24ClN3O/c1-5-20-9-14-17-13(16)7-15(18-14)19-8-10(2)6-11(3)12(19)4/h7,10-12H,5-6,8-9H2,1-4H3. The molecule has 3 atom stereocenters. The van der Waals surface area contributed by atoms with Crippen LogP contribution in [0.4, 0.5) is 5.82 Å². The lowest BCUT2D eigenvalue weighted by Gasteiger charge is -2.42. The van der Waals surface area contributed by atoms with Gasteiger partial charge in [0.25, 0.3) is 0 Å². The fourth-order valence-electron chi connectivity index (χ4n) is 2.87. The van der Waals surface area contributed by atoms with Gasteiger partial charge in [0, 0.05) is 25.3 Å². The van der Waals surface area contributed by atoms with Gasteiger partial charge in [-0.05, 0) is 32.1 Å². The maximum Gasteiger partial charge on any atom is 0.158 e. The Bertz CT molecular complexity index is 455. The third-order valence-electron chi connectivity index (χ3n) is 4.05. The van der Waals surface area contributed by atoms with Crippen LogP contribution in [0.1, 0.15) is 39.9 Å². The van der Waals surface area contributed by atoms with Crippen molar-refractivity contribution in [2.45, 2.75) is 46.8 Å². The van der Waals surface area contributed by atoms with Gasteiger partial charge in [-0.2, -0.15) is 0 Å². The van der Waals surface area contributed by atoms with Gasteiger partial charge in [-0.15, -0.1) is 0 Å². The van der Waals surface area contributed by atoms with Crippen LogP contribution in [0.2, 0.25) is 5.15 Å². The first-order chi connectivity index (χ1) is 9.51. The van der Waals surface area contributed by atoms with Gasteiger partial charge >= 0.3 is 0 Å². The number of piperidine rings is 1. The van der Waals surface area contributed by atoms with Gasteiger partial charge in [-0.3, -0.25) is 0 Å². The Morgan fingerprint density at radius 3 is 2.80 bits per heavy atom. The number of rotatable bonds is 4. The van der Waals surface area contributed by atoms with Gasteiger partial charge in [-0.25, -0.2) is 9.97 Å². The molecule has 112 valence electrons.